The largest absolute Gasteiger partial charge is 0.321 e. The van der Waals surface area contributed by atoms with Gasteiger partial charge >= 0.3 is 0 Å². The highest BCUT2D eigenvalue weighted by Gasteiger charge is 2.15. The smallest absolute Gasteiger partial charge is 0.257 e. The second-order valence-corrected chi connectivity index (χ2v) is 5.15. The minimum Gasteiger partial charge on any atom is -0.321 e. The Balaban J connectivity index is 2.33. The lowest BCUT2D eigenvalue weighted by molar-refractivity contribution is 0.102. The van der Waals surface area contributed by atoms with Crippen molar-refractivity contribution >= 4 is 39.1 Å². The van der Waals surface area contributed by atoms with Gasteiger partial charge in [-0.25, -0.2) is 4.39 Å². The molecule has 2 aromatic rings. The first-order chi connectivity index (χ1) is 9.52. The maximum Gasteiger partial charge on any atom is 0.257 e. The Kier molecular flexibility index (Phi) is 4.38. The van der Waals surface area contributed by atoms with Crippen molar-refractivity contribution in [1.29, 1.82) is 5.26 Å². The summed E-state index contributed by atoms with van der Waals surface area (Å²) in [5.74, 6) is -1.25. The van der Waals surface area contributed by atoms with Gasteiger partial charge in [0, 0.05) is 4.47 Å². The van der Waals surface area contributed by atoms with Gasteiger partial charge in [0.2, 0.25) is 0 Å². The van der Waals surface area contributed by atoms with Crippen LogP contribution >= 0.6 is 27.5 Å². The second-order valence-electron chi connectivity index (χ2n) is 3.86. The van der Waals surface area contributed by atoms with Crippen LogP contribution in [0.25, 0.3) is 0 Å². The second kappa shape index (κ2) is 6.04. The molecule has 6 heteroatoms. The summed E-state index contributed by atoms with van der Waals surface area (Å²) in [5.41, 5.74) is 0.639. The average molecular weight is 354 g/mol. The van der Waals surface area contributed by atoms with Crippen molar-refractivity contribution in [3.63, 3.8) is 0 Å². The van der Waals surface area contributed by atoms with Crippen LogP contribution in [0.15, 0.2) is 40.9 Å². The van der Waals surface area contributed by atoms with E-state index >= 15 is 0 Å². The lowest BCUT2D eigenvalue weighted by Crippen LogP contribution is -2.13. The summed E-state index contributed by atoms with van der Waals surface area (Å²) in [6.07, 6.45) is 0. The number of nitriles is 1. The first-order valence-electron chi connectivity index (χ1n) is 5.48. The van der Waals surface area contributed by atoms with Crippen molar-refractivity contribution in [3.8, 4) is 6.07 Å². The molecule has 1 N–H and O–H groups in total. The number of carbonyl (C=O) groups excluding carboxylic acids is 1. The molecule has 0 aliphatic heterocycles. The zero-order valence-electron chi connectivity index (χ0n) is 9.95. The highest BCUT2D eigenvalue weighted by Crippen LogP contribution is 2.24. The van der Waals surface area contributed by atoms with E-state index in [-0.39, 0.29) is 10.6 Å². The van der Waals surface area contributed by atoms with Gasteiger partial charge in [-0.3, -0.25) is 4.79 Å². The molecule has 0 aliphatic rings. The molecule has 100 valence electrons. The van der Waals surface area contributed by atoms with E-state index in [1.165, 1.54) is 18.2 Å². The molecule has 0 fully saturated rings. The Hall–Kier alpha value is -1.90. The molecule has 1 amide bonds. The van der Waals surface area contributed by atoms with E-state index in [2.05, 4.69) is 21.2 Å². The maximum absolute atomic E-state index is 13.3. The van der Waals surface area contributed by atoms with E-state index in [0.717, 1.165) is 4.47 Å². The summed E-state index contributed by atoms with van der Waals surface area (Å²) >= 11 is 8.98. The van der Waals surface area contributed by atoms with Crippen LogP contribution in [0.4, 0.5) is 10.1 Å². The zero-order valence-corrected chi connectivity index (χ0v) is 12.3. The molecule has 0 saturated heterocycles. The molecule has 0 heterocycles. The van der Waals surface area contributed by atoms with Gasteiger partial charge < -0.3 is 5.32 Å². The lowest BCUT2D eigenvalue weighted by atomic mass is 10.1. The third kappa shape index (κ3) is 2.98. The molecule has 0 unspecified atom stereocenters. The van der Waals surface area contributed by atoms with Gasteiger partial charge in [0.05, 0.1) is 21.8 Å². The lowest BCUT2D eigenvalue weighted by Gasteiger charge is -2.08. The molecule has 0 aromatic heterocycles. The molecule has 0 saturated carbocycles. The van der Waals surface area contributed by atoms with Crippen molar-refractivity contribution in [1.82, 2.24) is 0 Å². The molecule has 20 heavy (non-hydrogen) atoms. The summed E-state index contributed by atoms with van der Waals surface area (Å²) in [4.78, 5) is 12.1. The van der Waals surface area contributed by atoms with E-state index in [9.17, 15) is 9.18 Å². The van der Waals surface area contributed by atoms with Crippen molar-refractivity contribution in [2.45, 2.75) is 0 Å². The van der Waals surface area contributed by atoms with Crippen LogP contribution in [0, 0.1) is 17.1 Å². The summed E-state index contributed by atoms with van der Waals surface area (Å²) in [7, 11) is 0. The van der Waals surface area contributed by atoms with Crippen LogP contribution in [0.5, 0.6) is 0 Å². The number of halogens is 3. The Morgan fingerprint density at radius 3 is 2.80 bits per heavy atom. The highest BCUT2D eigenvalue weighted by atomic mass is 79.9. The van der Waals surface area contributed by atoms with Gasteiger partial charge in [0.15, 0.2) is 0 Å². The van der Waals surface area contributed by atoms with Crippen molar-refractivity contribution < 1.29 is 9.18 Å². The normalized spacial score (nSPS) is 9.90. The van der Waals surface area contributed by atoms with Crippen molar-refractivity contribution in [2.75, 3.05) is 5.32 Å². The summed E-state index contributed by atoms with van der Waals surface area (Å²) < 4.78 is 14.0. The number of carbonyl (C=O) groups is 1. The van der Waals surface area contributed by atoms with Crippen LogP contribution in [0.3, 0.4) is 0 Å². The number of nitrogens with one attached hydrogen (secondary N) is 1. The van der Waals surface area contributed by atoms with Crippen molar-refractivity contribution in [2.24, 2.45) is 0 Å². The van der Waals surface area contributed by atoms with E-state index in [1.54, 1.807) is 18.2 Å². The minimum absolute atomic E-state index is 0.0125. The van der Waals surface area contributed by atoms with Crippen molar-refractivity contribution in [3.05, 3.63) is 62.8 Å². The van der Waals surface area contributed by atoms with Gasteiger partial charge in [-0.1, -0.05) is 33.6 Å². The summed E-state index contributed by atoms with van der Waals surface area (Å²) in [6.45, 7) is 0. The standard InChI is InChI=1S/C14H7BrClFN2O/c15-9-4-5-12(8(6-9)7-18)19-14(20)10-2-1-3-11(17)13(10)16/h1-6H,(H,19,20). The fourth-order valence-electron chi connectivity index (χ4n) is 1.59. The minimum atomic E-state index is -0.671. The third-order valence-electron chi connectivity index (χ3n) is 2.55. The van der Waals surface area contributed by atoms with Crippen LogP contribution < -0.4 is 5.32 Å². The van der Waals surface area contributed by atoms with Gasteiger partial charge in [0.1, 0.15) is 11.9 Å². The molecular weight excluding hydrogens is 347 g/mol. The number of nitrogens with zero attached hydrogens (tertiary/aromatic N) is 1. The number of hydrogen-bond donors (Lipinski definition) is 1. The zero-order chi connectivity index (χ0) is 14.7. The summed E-state index contributed by atoms with van der Waals surface area (Å²) in [5, 5.41) is 11.3. The van der Waals surface area contributed by atoms with E-state index < -0.39 is 11.7 Å². The van der Waals surface area contributed by atoms with Crippen LogP contribution in [-0.2, 0) is 0 Å². The fourth-order valence-corrected chi connectivity index (χ4v) is 2.16. The summed E-state index contributed by atoms with van der Waals surface area (Å²) in [6, 6.07) is 10.8. The van der Waals surface area contributed by atoms with Crippen LogP contribution in [0.2, 0.25) is 5.02 Å². The Morgan fingerprint density at radius 1 is 1.35 bits per heavy atom. The first-order valence-corrected chi connectivity index (χ1v) is 6.65. The highest BCUT2D eigenvalue weighted by molar-refractivity contribution is 9.10. The molecular formula is C14H7BrClFN2O. The van der Waals surface area contributed by atoms with Gasteiger partial charge in [-0.2, -0.15) is 5.26 Å². The predicted octanol–water partition coefficient (Wildman–Crippen LogP) is 4.37. The topological polar surface area (TPSA) is 52.9 Å². The third-order valence-corrected chi connectivity index (χ3v) is 3.42. The van der Waals surface area contributed by atoms with Crippen LogP contribution in [-0.4, -0.2) is 5.91 Å². The quantitative estimate of drug-likeness (QED) is 0.872. The van der Waals surface area contributed by atoms with Gasteiger partial charge in [-0.05, 0) is 30.3 Å². The average Bonchev–Trinajstić information content (AvgIpc) is 2.43. The monoisotopic (exact) mass is 352 g/mol. The molecule has 0 radical (unpaired) electrons. The Morgan fingerprint density at radius 2 is 2.10 bits per heavy atom. The fraction of sp³-hybridized carbons (Fsp3) is 0. The molecule has 2 aromatic carbocycles. The molecule has 3 nitrogen and oxygen atoms in total. The van der Waals surface area contributed by atoms with E-state index in [0.29, 0.717) is 11.3 Å². The molecule has 0 spiro atoms. The molecule has 0 aliphatic carbocycles. The SMILES string of the molecule is N#Cc1cc(Br)ccc1NC(=O)c1cccc(F)c1Cl. The number of benzene rings is 2. The number of anilines is 1. The molecule has 0 atom stereocenters. The van der Waals surface area contributed by atoms with Gasteiger partial charge in [-0.15, -0.1) is 0 Å². The first kappa shape index (κ1) is 14.5. The molecule has 2 rings (SSSR count). The number of rotatable bonds is 2. The van der Waals surface area contributed by atoms with Gasteiger partial charge in [0.25, 0.3) is 5.91 Å². The predicted molar refractivity (Wildman–Crippen MR) is 78.2 cm³/mol. The maximum atomic E-state index is 13.3. The van der Waals surface area contributed by atoms with Crippen LogP contribution in [0.1, 0.15) is 15.9 Å². The van der Waals surface area contributed by atoms with E-state index in [4.69, 9.17) is 16.9 Å². The number of hydrogen-bond acceptors (Lipinski definition) is 2. The number of amides is 1. The Bertz CT molecular complexity index is 728. The van der Waals surface area contributed by atoms with E-state index in [1.807, 2.05) is 6.07 Å². The molecule has 0 bridgehead atoms. The Labute approximate surface area is 128 Å².